The highest BCUT2D eigenvalue weighted by atomic mass is 16.4. The standard InChI is InChI=1S/C13H20N4O3/c1-2-3-13(11(18)19)4-5-17(8-13)12(20)15-7-10-6-14-9-16-10/h6,9H,2-5,7-8H2,1H3,(H,14,16)(H,15,20)(H,18,19). The average molecular weight is 280 g/mol. The maximum Gasteiger partial charge on any atom is 0.317 e. The topological polar surface area (TPSA) is 98.3 Å². The number of imidazole rings is 1. The lowest BCUT2D eigenvalue weighted by molar-refractivity contribution is -0.148. The first-order chi connectivity index (χ1) is 9.57. The van der Waals surface area contributed by atoms with Gasteiger partial charge in [0, 0.05) is 19.3 Å². The number of nitrogens with zero attached hydrogens (tertiary/aromatic N) is 2. The Morgan fingerprint density at radius 1 is 1.60 bits per heavy atom. The highest BCUT2D eigenvalue weighted by Gasteiger charge is 2.45. The van der Waals surface area contributed by atoms with Gasteiger partial charge in [0.1, 0.15) is 0 Å². The largest absolute Gasteiger partial charge is 0.481 e. The molecule has 7 heteroatoms. The van der Waals surface area contributed by atoms with Crippen LogP contribution in [0.1, 0.15) is 31.9 Å². The van der Waals surface area contributed by atoms with Crippen molar-refractivity contribution in [1.82, 2.24) is 20.2 Å². The molecule has 2 heterocycles. The molecule has 1 aliphatic heterocycles. The second-order valence-electron chi connectivity index (χ2n) is 5.24. The van der Waals surface area contributed by atoms with Crippen LogP contribution >= 0.6 is 0 Å². The third-order valence-electron chi connectivity index (χ3n) is 3.81. The van der Waals surface area contributed by atoms with Gasteiger partial charge in [-0.25, -0.2) is 9.78 Å². The van der Waals surface area contributed by atoms with E-state index >= 15 is 0 Å². The van der Waals surface area contributed by atoms with E-state index in [1.54, 1.807) is 17.4 Å². The Labute approximate surface area is 117 Å². The number of aromatic nitrogens is 2. The lowest BCUT2D eigenvalue weighted by atomic mass is 9.83. The van der Waals surface area contributed by atoms with Crippen molar-refractivity contribution in [2.24, 2.45) is 5.41 Å². The number of hydrogen-bond acceptors (Lipinski definition) is 3. The summed E-state index contributed by atoms with van der Waals surface area (Å²) >= 11 is 0. The Balaban J connectivity index is 1.90. The van der Waals surface area contributed by atoms with Gasteiger partial charge in [-0.2, -0.15) is 0 Å². The molecule has 2 amide bonds. The Morgan fingerprint density at radius 3 is 3.00 bits per heavy atom. The van der Waals surface area contributed by atoms with E-state index in [4.69, 9.17) is 0 Å². The Kier molecular flexibility index (Phi) is 4.26. The molecular weight excluding hydrogens is 260 g/mol. The number of hydrogen-bond donors (Lipinski definition) is 3. The van der Waals surface area contributed by atoms with Crippen molar-refractivity contribution >= 4 is 12.0 Å². The molecule has 1 fully saturated rings. The van der Waals surface area contributed by atoms with Crippen LogP contribution in [0, 0.1) is 5.41 Å². The molecule has 1 saturated heterocycles. The number of H-pyrrole nitrogens is 1. The van der Waals surface area contributed by atoms with Crippen LogP contribution < -0.4 is 5.32 Å². The molecule has 20 heavy (non-hydrogen) atoms. The summed E-state index contributed by atoms with van der Waals surface area (Å²) in [5, 5.41) is 12.2. The molecule has 3 N–H and O–H groups in total. The van der Waals surface area contributed by atoms with Gasteiger partial charge in [0.05, 0.1) is 24.0 Å². The Bertz CT molecular complexity index is 474. The number of carbonyl (C=O) groups excluding carboxylic acids is 1. The minimum atomic E-state index is -0.803. The summed E-state index contributed by atoms with van der Waals surface area (Å²) in [5.74, 6) is -0.803. The van der Waals surface area contributed by atoms with E-state index in [0.717, 1.165) is 12.1 Å². The minimum absolute atomic E-state index is 0.223. The van der Waals surface area contributed by atoms with E-state index in [0.29, 0.717) is 25.9 Å². The van der Waals surface area contributed by atoms with Gasteiger partial charge in [-0.3, -0.25) is 4.79 Å². The fraction of sp³-hybridized carbons (Fsp3) is 0.615. The zero-order valence-electron chi connectivity index (χ0n) is 11.6. The van der Waals surface area contributed by atoms with E-state index in [2.05, 4.69) is 15.3 Å². The van der Waals surface area contributed by atoms with Crippen LogP contribution in [0.5, 0.6) is 0 Å². The van der Waals surface area contributed by atoms with Gasteiger partial charge in [0.25, 0.3) is 0 Å². The number of carboxylic acids is 1. The monoisotopic (exact) mass is 280 g/mol. The molecule has 1 aromatic heterocycles. The molecule has 1 atom stereocenters. The maximum absolute atomic E-state index is 12.0. The van der Waals surface area contributed by atoms with Crippen LogP contribution in [0.15, 0.2) is 12.5 Å². The quantitative estimate of drug-likeness (QED) is 0.754. The van der Waals surface area contributed by atoms with Crippen molar-refractivity contribution in [2.45, 2.75) is 32.7 Å². The molecule has 1 aliphatic rings. The number of rotatable bonds is 5. The van der Waals surface area contributed by atoms with E-state index in [-0.39, 0.29) is 12.6 Å². The summed E-state index contributed by atoms with van der Waals surface area (Å²) in [6.45, 7) is 3.10. The second-order valence-corrected chi connectivity index (χ2v) is 5.24. The van der Waals surface area contributed by atoms with Gasteiger partial charge in [0.15, 0.2) is 0 Å². The summed E-state index contributed by atoms with van der Waals surface area (Å²) < 4.78 is 0. The van der Waals surface area contributed by atoms with Crippen LogP contribution in [0.2, 0.25) is 0 Å². The molecular formula is C13H20N4O3. The smallest absolute Gasteiger partial charge is 0.317 e. The molecule has 1 unspecified atom stereocenters. The fourth-order valence-electron chi connectivity index (χ4n) is 2.67. The number of carboxylic acid groups (broad SMARTS) is 1. The molecule has 110 valence electrons. The zero-order chi connectivity index (χ0) is 14.6. The maximum atomic E-state index is 12.0. The van der Waals surface area contributed by atoms with Crippen LogP contribution in [0.4, 0.5) is 4.79 Å². The third kappa shape index (κ3) is 2.92. The fourth-order valence-corrected chi connectivity index (χ4v) is 2.67. The number of carbonyl (C=O) groups is 2. The second kappa shape index (κ2) is 5.94. The number of likely N-dealkylation sites (tertiary alicyclic amines) is 1. The molecule has 0 bridgehead atoms. The normalized spacial score (nSPS) is 21.9. The van der Waals surface area contributed by atoms with Gasteiger partial charge in [-0.1, -0.05) is 13.3 Å². The van der Waals surface area contributed by atoms with E-state index in [1.807, 2.05) is 6.92 Å². The van der Waals surface area contributed by atoms with E-state index in [9.17, 15) is 14.7 Å². The van der Waals surface area contributed by atoms with Crippen molar-refractivity contribution in [3.63, 3.8) is 0 Å². The van der Waals surface area contributed by atoms with Gasteiger partial charge in [0.2, 0.25) is 0 Å². The summed E-state index contributed by atoms with van der Waals surface area (Å²) in [5.41, 5.74) is 0.0377. The highest BCUT2D eigenvalue weighted by molar-refractivity contribution is 5.79. The van der Waals surface area contributed by atoms with Gasteiger partial charge < -0.3 is 20.3 Å². The molecule has 0 saturated carbocycles. The molecule has 7 nitrogen and oxygen atoms in total. The van der Waals surface area contributed by atoms with Crippen molar-refractivity contribution in [3.8, 4) is 0 Å². The molecule has 0 aliphatic carbocycles. The predicted molar refractivity (Wildman–Crippen MR) is 72.0 cm³/mol. The minimum Gasteiger partial charge on any atom is -0.481 e. The SMILES string of the molecule is CCCC1(C(=O)O)CCN(C(=O)NCc2cnc[nH]2)C1. The third-order valence-corrected chi connectivity index (χ3v) is 3.81. The van der Waals surface area contributed by atoms with Gasteiger partial charge in [-0.15, -0.1) is 0 Å². The van der Waals surface area contributed by atoms with Crippen molar-refractivity contribution in [3.05, 3.63) is 18.2 Å². The summed E-state index contributed by atoms with van der Waals surface area (Å²) in [4.78, 5) is 31.9. The zero-order valence-corrected chi connectivity index (χ0v) is 11.6. The number of urea groups is 1. The van der Waals surface area contributed by atoms with Crippen LogP contribution in [-0.4, -0.2) is 45.1 Å². The molecule has 0 aromatic carbocycles. The predicted octanol–water partition coefficient (Wildman–Crippen LogP) is 1.20. The van der Waals surface area contributed by atoms with Gasteiger partial charge >= 0.3 is 12.0 Å². The van der Waals surface area contributed by atoms with Crippen molar-refractivity contribution in [1.29, 1.82) is 0 Å². The first-order valence-corrected chi connectivity index (χ1v) is 6.81. The molecule has 2 rings (SSSR count). The van der Waals surface area contributed by atoms with Crippen molar-refractivity contribution in [2.75, 3.05) is 13.1 Å². The Hall–Kier alpha value is -2.05. The van der Waals surface area contributed by atoms with E-state index in [1.165, 1.54) is 0 Å². The summed E-state index contributed by atoms with van der Waals surface area (Å²) in [7, 11) is 0. The number of aliphatic carboxylic acids is 1. The molecule has 1 aromatic rings. The summed E-state index contributed by atoms with van der Waals surface area (Å²) in [6.07, 6.45) is 5.12. The van der Waals surface area contributed by atoms with Crippen LogP contribution in [0.3, 0.4) is 0 Å². The van der Waals surface area contributed by atoms with Crippen molar-refractivity contribution < 1.29 is 14.7 Å². The first kappa shape index (κ1) is 14.4. The number of nitrogens with one attached hydrogen (secondary N) is 2. The average Bonchev–Trinajstić information content (AvgIpc) is 3.06. The van der Waals surface area contributed by atoms with Crippen LogP contribution in [-0.2, 0) is 11.3 Å². The molecule has 0 radical (unpaired) electrons. The first-order valence-electron chi connectivity index (χ1n) is 6.81. The number of amides is 2. The number of aromatic amines is 1. The summed E-state index contributed by atoms with van der Waals surface area (Å²) in [6, 6.07) is -0.223. The Morgan fingerprint density at radius 2 is 2.40 bits per heavy atom. The van der Waals surface area contributed by atoms with Gasteiger partial charge in [-0.05, 0) is 12.8 Å². The van der Waals surface area contributed by atoms with Crippen LogP contribution in [0.25, 0.3) is 0 Å². The highest BCUT2D eigenvalue weighted by Crippen LogP contribution is 2.35. The van der Waals surface area contributed by atoms with E-state index < -0.39 is 11.4 Å². The lowest BCUT2D eigenvalue weighted by Crippen LogP contribution is -2.41. The lowest BCUT2D eigenvalue weighted by Gasteiger charge is -2.24. The molecule has 0 spiro atoms.